The largest absolute Gasteiger partial charge is 0.507 e. The molecule has 2 aromatic carbocycles. The summed E-state index contributed by atoms with van der Waals surface area (Å²) < 4.78 is 68.2. The van der Waals surface area contributed by atoms with Crippen LogP contribution in [0.1, 0.15) is 55.2 Å². The van der Waals surface area contributed by atoms with Crippen molar-refractivity contribution in [1.29, 1.82) is 0 Å². The van der Waals surface area contributed by atoms with Crippen molar-refractivity contribution in [3.63, 3.8) is 0 Å². The Labute approximate surface area is 176 Å². The molecule has 0 amide bonds. The second kappa shape index (κ2) is 7.04. The molecular formula is C24H22F5NO. The molecule has 0 unspecified atom stereocenters. The summed E-state index contributed by atoms with van der Waals surface area (Å²) >= 11 is 0. The maximum Gasteiger partial charge on any atom is 0.200 e. The average molecular weight is 435 g/mol. The summed E-state index contributed by atoms with van der Waals surface area (Å²) in [5, 5.41) is 11.1. The summed E-state index contributed by atoms with van der Waals surface area (Å²) in [7, 11) is 0. The zero-order valence-electron chi connectivity index (χ0n) is 17.0. The van der Waals surface area contributed by atoms with E-state index in [1.54, 1.807) is 6.07 Å². The molecular weight excluding hydrogens is 413 g/mol. The predicted octanol–water partition coefficient (Wildman–Crippen LogP) is 6.61. The third-order valence-electron chi connectivity index (χ3n) is 7.41. The molecule has 2 nitrogen and oxygen atoms in total. The monoisotopic (exact) mass is 435 g/mol. The van der Waals surface area contributed by atoms with E-state index in [0.29, 0.717) is 17.8 Å². The summed E-state index contributed by atoms with van der Waals surface area (Å²) in [5.41, 5.74) is 0.453. The molecule has 164 valence electrons. The summed E-state index contributed by atoms with van der Waals surface area (Å²) in [6.45, 7) is 1.85. The number of halogens is 5. The number of aromatic hydroxyl groups is 1. The minimum absolute atomic E-state index is 0.0276. The normalized spacial score (nSPS) is 29.3. The highest BCUT2D eigenvalue weighted by atomic mass is 19.2. The van der Waals surface area contributed by atoms with E-state index in [-0.39, 0.29) is 16.7 Å². The molecule has 0 saturated heterocycles. The minimum Gasteiger partial charge on any atom is -0.507 e. The highest BCUT2D eigenvalue weighted by Crippen LogP contribution is 2.62. The Balaban J connectivity index is 1.57. The zero-order chi connectivity index (χ0) is 22.1. The van der Waals surface area contributed by atoms with Gasteiger partial charge in [-0.2, -0.15) is 0 Å². The predicted molar refractivity (Wildman–Crippen MR) is 106 cm³/mol. The fourth-order valence-electron chi connectivity index (χ4n) is 6.59. The molecule has 6 rings (SSSR count). The topological polar surface area (TPSA) is 32.6 Å². The summed E-state index contributed by atoms with van der Waals surface area (Å²) in [4.78, 5) is 3.55. The van der Waals surface area contributed by atoms with E-state index in [4.69, 9.17) is 0 Å². The Bertz CT molecular complexity index is 1050. The third kappa shape index (κ3) is 3.15. The van der Waals surface area contributed by atoms with Crippen LogP contribution in [-0.4, -0.2) is 11.3 Å². The Morgan fingerprint density at radius 2 is 1.32 bits per heavy atom. The van der Waals surface area contributed by atoms with Crippen molar-refractivity contribution >= 4 is 11.9 Å². The van der Waals surface area contributed by atoms with Gasteiger partial charge < -0.3 is 5.11 Å². The van der Waals surface area contributed by atoms with Crippen LogP contribution < -0.4 is 0 Å². The van der Waals surface area contributed by atoms with Crippen LogP contribution in [-0.2, 0) is 5.41 Å². The van der Waals surface area contributed by atoms with Gasteiger partial charge in [-0.3, -0.25) is 0 Å². The number of rotatable bonds is 3. The van der Waals surface area contributed by atoms with Gasteiger partial charge in [0.15, 0.2) is 23.3 Å². The number of benzene rings is 2. The molecule has 4 aliphatic rings. The fourth-order valence-corrected chi connectivity index (χ4v) is 6.59. The Morgan fingerprint density at radius 3 is 1.84 bits per heavy atom. The van der Waals surface area contributed by atoms with Crippen molar-refractivity contribution in [2.75, 3.05) is 0 Å². The first-order valence-corrected chi connectivity index (χ1v) is 10.6. The second-order valence-electron chi connectivity index (χ2n) is 9.62. The Hall–Kier alpha value is -2.44. The van der Waals surface area contributed by atoms with E-state index in [1.165, 1.54) is 19.3 Å². The second-order valence-corrected chi connectivity index (χ2v) is 9.62. The average Bonchev–Trinajstić information content (AvgIpc) is 2.72. The lowest BCUT2D eigenvalue weighted by Gasteiger charge is -2.57. The number of nitrogens with zero attached hydrogens (tertiary/aromatic N) is 1. The lowest BCUT2D eigenvalue weighted by atomic mass is 9.48. The Morgan fingerprint density at radius 1 is 0.839 bits per heavy atom. The minimum atomic E-state index is -2.23. The first-order valence-electron chi connectivity index (χ1n) is 10.6. The first-order chi connectivity index (χ1) is 14.7. The van der Waals surface area contributed by atoms with Gasteiger partial charge in [-0.15, -0.1) is 0 Å². The molecule has 0 radical (unpaired) electrons. The standard InChI is InChI=1S/C24H22F5NO/c1-11-2-15(10-30-22-20(28)18(26)17(25)19(27)21(22)29)23(31)16(3-11)24-7-12-4-13(8-24)6-14(5-12)9-24/h2-3,10,12-14,31H,4-9H2,1H3. The van der Waals surface area contributed by atoms with Gasteiger partial charge in [-0.05, 0) is 80.2 Å². The van der Waals surface area contributed by atoms with Crippen molar-refractivity contribution < 1.29 is 27.1 Å². The molecule has 0 spiro atoms. The lowest BCUT2D eigenvalue weighted by Crippen LogP contribution is -2.48. The number of phenols is 1. The van der Waals surface area contributed by atoms with E-state index in [1.807, 2.05) is 13.0 Å². The van der Waals surface area contributed by atoms with E-state index < -0.39 is 34.8 Å². The van der Waals surface area contributed by atoms with Gasteiger partial charge in [-0.25, -0.2) is 26.9 Å². The molecule has 4 saturated carbocycles. The third-order valence-corrected chi connectivity index (χ3v) is 7.41. The quantitative estimate of drug-likeness (QED) is 0.250. The van der Waals surface area contributed by atoms with E-state index in [2.05, 4.69) is 4.99 Å². The van der Waals surface area contributed by atoms with Crippen LogP contribution in [0.2, 0.25) is 0 Å². The van der Waals surface area contributed by atoms with Gasteiger partial charge in [-0.1, -0.05) is 6.07 Å². The summed E-state index contributed by atoms with van der Waals surface area (Å²) in [6.07, 6.45) is 7.70. The van der Waals surface area contributed by atoms with E-state index in [9.17, 15) is 27.1 Å². The number of hydrogen-bond acceptors (Lipinski definition) is 2. The molecule has 0 aromatic heterocycles. The van der Waals surface area contributed by atoms with Crippen LogP contribution in [0.5, 0.6) is 5.75 Å². The zero-order valence-corrected chi connectivity index (χ0v) is 17.0. The number of aryl methyl sites for hydroxylation is 1. The maximum atomic E-state index is 14.0. The fraction of sp³-hybridized carbons (Fsp3) is 0.458. The smallest absolute Gasteiger partial charge is 0.200 e. The molecule has 31 heavy (non-hydrogen) atoms. The molecule has 4 aliphatic carbocycles. The van der Waals surface area contributed by atoms with Crippen LogP contribution in [0.15, 0.2) is 17.1 Å². The summed E-state index contributed by atoms with van der Waals surface area (Å²) in [5.74, 6) is -8.40. The van der Waals surface area contributed by atoms with Crippen LogP contribution in [0.25, 0.3) is 0 Å². The molecule has 1 N–H and O–H groups in total. The van der Waals surface area contributed by atoms with Gasteiger partial charge in [0.25, 0.3) is 0 Å². The highest BCUT2D eigenvalue weighted by molar-refractivity contribution is 5.86. The lowest BCUT2D eigenvalue weighted by molar-refractivity contribution is -0.00616. The SMILES string of the molecule is Cc1cc(C=Nc2c(F)c(F)c(F)c(F)c2F)c(O)c(C23CC4CC(CC(C4)C2)C3)c1. The van der Waals surface area contributed by atoms with E-state index >= 15 is 0 Å². The van der Waals surface area contributed by atoms with Crippen molar-refractivity contribution in [3.05, 3.63) is 57.9 Å². The van der Waals surface area contributed by atoms with Crippen molar-refractivity contribution in [2.45, 2.75) is 50.9 Å². The maximum absolute atomic E-state index is 14.0. The van der Waals surface area contributed by atoms with Crippen molar-refractivity contribution in [3.8, 4) is 5.75 Å². The number of phenolic OH excluding ortho intramolecular Hbond substituents is 1. The van der Waals surface area contributed by atoms with Gasteiger partial charge in [0.1, 0.15) is 11.4 Å². The molecule has 7 heteroatoms. The first kappa shape index (κ1) is 20.5. The molecule has 0 atom stereocenters. The van der Waals surface area contributed by atoms with Crippen LogP contribution >= 0.6 is 0 Å². The van der Waals surface area contributed by atoms with Gasteiger partial charge >= 0.3 is 0 Å². The van der Waals surface area contributed by atoms with Gasteiger partial charge in [0, 0.05) is 17.3 Å². The van der Waals surface area contributed by atoms with Crippen LogP contribution in [0.3, 0.4) is 0 Å². The van der Waals surface area contributed by atoms with Gasteiger partial charge in [0.2, 0.25) is 5.82 Å². The molecule has 2 aromatic rings. The molecule has 4 fully saturated rings. The molecule has 0 heterocycles. The number of aliphatic imine (C=N–C) groups is 1. The molecule has 4 bridgehead atoms. The Kier molecular flexibility index (Phi) is 4.65. The van der Waals surface area contributed by atoms with Gasteiger partial charge in [0.05, 0.1) is 0 Å². The highest BCUT2D eigenvalue weighted by Gasteiger charge is 2.52. The molecule has 0 aliphatic heterocycles. The number of hydrogen-bond donors (Lipinski definition) is 1. The van der Waals surface area contributed by atoms with Crippen molar-refractivity contribution in [2.24, 2.45) is 22.7 Å². The van der Waals surface area contributed by atoms with Crippen molar-refractivity contribution in [1.82, 2.24) is 0 Å². The summed E-state index contributed by atoms with van der Waals surface area (Å²) in [6, 6.07) is 3.55. The van der Waals surface area contributed by atoms with Crippen LogP contribution in [0.4, 0.5) is 27.6 Å². The van der Waals surface area contributed by atoms with E-state index in [0.717, 1.165) is 36.6 Å². The van der Waals surface area contributed by atoms with Crippen LogP contribution in [0, 0.1) is 53.8 Å².